The zero-order chi connectivity index (χ0) is 16.7. The molecule has 0 spiro atoms. The largest absolute Gasteiger partial charge is 0.494 e. The van der Waals surface area contributed by atoms with Gasteiger partial charge in [-0.3, -0.25) is 4.99 Å². The molecule has 1 aromatic carbocycles. The van der Waals surface area contributed by atoms with Gasteiger partial charge in [-0.2, -0.15) is 11.3 Å². The number of hydrogen-bond acceptors (Lipinski definition) is 3. The summed E-state index contributed by atoms with van der Waals surface area (Å²) in [4.78, 5) is 4.19. The van der Waals surface area contributed by atoms with E-state index in [0.717, 1.165) is 12.1 Å². The van der Waals surface area contributed by atoms with Crippen molar-refractivity contribution < 1.29 is 9.13 Å². The summed E-state index contributed by atoms with van der Waals surface area (Å²) in [5.41, 5.74) is 2.15. The first-order valence-corrected chi connectivity index (χ1v) is 8.37. The van der Waals surface area contributed by atoms with Crippen molar-refractivity contribution in [2.75, 3.05) is 20.7 Å². The summed E-state index contributed by atoms with van der Waals surface area (Å²) in [6.07, 6.45) is 0. The maximum Gasteiger partial charge on any atom is 0.191 e. The van der Waals surface area contributed by atoms with Gasteiger partial charge in [0.05, 0.1) is 7.11 Å². The number of aliphatic imine (C=N–C) groups is 1. The molecule has 0 amide bonds. The summed E-state index contributed by atoms with van der Waals surface area (Å²) in [5, 5.41) is 10.7. The second kappa shape index (κ2) is 8.53. The molecule has 2 aromatic rings. The van der Waals surface area contributed by atoms with Crippen LogP contribution in [-0.4, -0.2) is 26.7 Å². The number of nitrogens with zero attached hydrogens (tertiary/aromatic N) is 1. The first-order chi connectivity index (χ1) is 11.1. The van der Waals surface area contributed by atoms with Crippen LogP contribution in [0.5, 0.6) is 5.75 Å². The average Bonchev–Trinajstić information content (AvgIpc) is 3.09. The van der Waals surface area contributed by atoms with Crippen molar-refractivity contribution >= 4 is 17.3 Å². The SMILES string of the molecule is CN=C(NCc1ccc(OC)c(F)c1)NCC(C)c1ccsc1. The van der Waals surface area contributed by atoms with E-state index in [9.17, 15) is 4.39 Å². The van der Waals surface area contributed by atoms with E-state index in [-0.39, 0.29) is 11.6 Å². The molecule has 2 N–H and O–H groups in total. The molecule has 0 aliphatic heterocycles. The first-order valence-electron chi connectivity index (χ1n) is 7.43. The molecule has 0 radical (unpaired) electrons. The van der Waals surface area contributed by atoms with Crippen LogP contribution in [0.25, 0.3) is 0 Å². The molecule has 1 aromatic heterocycles. The lowest BCUT2D eigenvalue weighted by Crippen LogP contribution is -2.38. The molecule has 6 heteroatoms. The van der Waals surface area contributed by atoms with Crippen LogP contribution in [-0.2, 0) is 6.54 Å². The molecule has 2 rings (SSSR count). The van der Waals surface area contributed by atoms with Crippen molar-refractivity contribution in [3.63, 3.8) is 0 Å². The Morgan fingerprint density at radius 3 is 2.78 bits per heavy atom. The van der Waals surface area contributed by atoms with Crippen LogP contribution in [0, 0.1) is 5.82 Å². The van der Waals surface area contributed by atoms with Gasteiger partial charge in [-0.05, 0) is 46.0 Å². The summed E-state index contributed by atoms with van der Waals surface area (Å²) in [6, 6.07) is 7.05. The number of hydrogen-bond donors (Lipinski definition) is 2. The quantitative estimate of drug-likeness (QED) is 0.628. The Labute approximate surface area is 140 Å². The second-order valence-corrected chi connectivity index (χ2v) is 6.01. The number of guanidine groups is 1. The van der Waals surface area contributed by atoms with Gasteiger partial charge in [0.2, 0.25) is 0 Å². The molecule has 0 aliphatic carbocycles. The fourth-order valence-corrected chi connectivity index (χ4v) is 2.93. The predicted octanol–water partition coefficient (Wildman–Crippen LogP) is 3.36. The number of benzene rings is 1. The first kappa shape index (κ1) is 17.3. The van der Waals surface area contributed by atoms with Crippen molar-refractivity contribution in [2.45, 2.75) is 19.4 Å². The van der Waals surface area contributed by atoms with Crippen LogP contribution in [0.2, 0.25) is 0 Å². The Bertz CT molecular complexity index is 643. The molecule has 124 valence electrons. The van der Waals surface area contributed by atoms with Gasteiger partial charge in [0.1, 0.15) is 0 Å². The van der Waals surface area contributed by atoms with E-state index in [0.29, 0.717) is 18.4 Å². The van der Waals surface area contributed by atoms with Gasteiger partial charge in [0.25, 0.3) is 0 Å². The van der Waals surface area contributed by atoms with Gasteiger partial charge in [0, 0.05) is 20.1 Å². The van der Waals surface area contributed by atoms with E-state index in [1.165, 1.54) is 18.7 Å². The maximum atomic E-state index is 13.7. The Balaban J connectivity index is 1.84. The highest BCUT2D eigenvalue weighted by Crippen LogP contribution is 2.18. The van der Waals surface area contributed by atoms with Crippen LogP contribution in [0.1, 0.15) is 24.0 Å². The van der Waals surface area contributed by atoms with E-state index < -0.39 is 0 Å². The standard InChI is InChI=1S/C17H22FN3OS/c1-12(14-6-7-23-11-14)9-20-17(19-2)21-10-13-4-5-16(22-3)15(18)8-13/h4-8,11-12H,9-10H2,1-3H3,(H2,19,20,21). The number of rotatable bonds is 6. The maximum absolute atomic E-state index is 13.7. The number of ether oxygens (including phenoxy) is 1. The molecule has 1 unspecified atom stereocenters. The van der Waals surface area contributed by atoms with Crippen molar-refractivity contribution in [1.82, 2.24) is 10.6 Å². The molecule has 0 saturated carbocycles. The van der Waals surface area contributed by atoms with E-state index >= 15 is 0 Å². The monoisotopic (exact) mass is 335 g/mol. The smallest absolute Gasteiger partial charge is 0.191 e. The normalized spacial score (nSPS) is 12.8. The van der Waals surface area contributed by atoms with Gasteiger partial charge in [-0.25, -0.2) is 4.39 Å². The molecule has 23 heavy (non-hydrogen) atoms. The third kappa shape index (κ3) is 4.96. The van der Waals surface area contributed by atoms with Crippen LogP contribution in [0.3, 0.4) is 0 Å². The summed E-state index contributed by atoms with van der Waals surface area (Å²) in [6.45, 7) is 3.45. The topological polar surface area (TPSA) is 45.7 Å². The molecule has 0 saturated heterocycles. The van der Waals surface area contributed by atoms with Crippen LogP contribution in [0.4, 0.5) is 4.39 Å². The molecule has 0 aliphatic rings. The minimum atomic E-state index is -0.360. The minimum Gasteiger partial charge on any atom is -0.494 e. The van der Waals surface area contributed by atoms with Gasteiger partial charge in [-0.15, -0.1) is 0 Å². The van der Waals surface area contributed by atoms with E-state index in [2.05, 4.69) is 39.4 Å². The van der Waals surface area contributed by atoms with Gasteiger partial charge < -0.3 is 15.4 Å². The third-order valence-corrected chi connectivity index (χ3v) is 4.29. The second-order valence-electron chi connectivity index (χ2n) is 5.23. The highest BCUT2D eigenvalue weighted by atomic mass is 32.1. The van der Waals surface area contributed by atoms with Crippen molar-refractivity contribution in [2.24, 2.45) is 4.99 Å². The fraction of sp³-hybridized carbons (Fsp3) is 0.353. The van der Waals surface area contributed by atoms with Gasteiger partial charge in [-0.1, -0.05) is 13.0 Å². The van der Waals surface area contributed by atoms with Crippen LogP contribution < -0.4 is 15.4 Å². The molecular weight excluding hydrogens is 313 g/mol. The minimum absolute atomic E-state index is 0.251. The number of methoxy groups -OCH3 is 1. The summed E-state index contributed by atoms with van der Waals surface area (Å²) in [7, 11) is 3.18. The lowest BCUT2D eigenvalue weighted by Gasteiger charge is -2.15. The van der Waals surface area contributed by atoms with E-state index in [1.54, 1.807) is 24.5 Å². The van der Waals surface area contributed by atoms with Crippen LogP contribution >= 0.6 is 11.3 Å². The summed E-state index contributed by atoms with van der Waals surface area (Å²) in [5.74, 6) is 0.989. The lowest BCUT2D eigenvalue weighted by atomic mass is 10.1. The number of halogens is 1. The van der Waals surface area contributed by atoms with Crippen molar-refractivity contribution in [1.29, 1.82) is 0 Å². The Hall–Kier alpha value is -2.08. The Kier molecular flexibility index (Phi) is 6.40. The number of nitrogens with one attached hydrogen (secondary N) is 2. The lowest BCUT2D eigenvalue weighted by molar-refractivity contribution is 0.386. The average molecular weight is 335 g/mol. The van der Waals surface area contributed by atoms with Crippen molar-refractivity contribution in [3.05, 3.63) is 52.0 Å². The Morgan fingerprint density at radius 1 is 1.35 bits per heavy atom. The molecular formula is C17H22FN3OS. The highest BCUT2D eigenvalue weighted by molar-refractivity contribution is 7.07. The molecule has 1 heterocycles. The van der Waals surface area contributed by atoms with E-state index in [4.69, 9.17) is 4.74 Å². The number of thiophene rings is 1. The highest BCUT2D eigenvalue weighted by Gasteiger charge is 2.08. The Morgan fingerprint density at radius 2 is 2.17 bits per heavy atom. The zero-order valence-electron chi connectivity index (χ0n) is 13.6. The predicted molar refractivity (Wildman–Crippen MR) is 93.9 cm³/mol. The molecule has 1 atom stereocenters. The van der Waals surface area contributed by atoms with Gasteiger partial charge in [0.15, 0.2) is 17.5 Å². The third-order valence-electron chi connectivity index (χ3n) is 3.59. The fourth-order valence-electron chi connectivity index (χ4n) is 2.15. The molecule has 4 nitrogen and oxygen atoms in total. The van der Waals surface area contributed by atoms with Crippen molar-refractivity contribution in [3.8, 4) is 5.75 Å². The van der Waals surface area contributed by atoms with E-state index in [1.807, 2.05) is 6.07 Å². The molecule has 0 fully saturated rings. The zero-order valence-corrected chi connectivity index (χ0v) is 14.4. The summed E-state index contributed by atoms with van der Waals surface area (Å²) >= 11 is 1.70. The van der Waals surface area contributed by atoms with Gasteiger partial charge >= 0.3 is 0 Å². The van der Waals surface area contributed by atoms with Crippen LogP contribution in [0.15, 0.2) is 40.0 Å². The molecule has 0 bridgehead atoms. The summed E-state index contributed by atoms with van der Waals surface area (Å²) < 4.78 is 18.6.